The molecule has 0 amide bonds. The molecule has 4 heteroatoms. The molecule has 86 valence electrons. The summed E-state index contributed by atoms with van der Waals surface area (Å²) in [6.45, 7) is 4.66. The maximum absolute atomic E-state index is 11.4. The van der Waals surface area contributed by atoms with Crippen molar-refractivity contribution >= 4 is 11.8 Å². The maximum Gasteiger partial charge on any atom is 0.341 e. The van der Waals surface area contributed by atoms with Gasteiger partial charge in [0.15, 0.2) is 12.4 Å². The van der Waals surface area contributed by atoms with Crippen molar-refractivity contribution in [2.75, 3.05) is 6.61 Å². The van der Waals surface area contributed by atoms with Gasteiger partial charge in [0.2, 0.25) is 0 Å². The number of carbonyl (C=O) groups excluding carboxylic acids is 1. The lowest BCUT2D eigenvalue weighted by molar-refractivity contribution is -0.139. The molecule has 0 unspecified atom stereocenters. The van der Waals surface area contributed by atoms with Crippen molar-refractivity contribution in [2.45, 2.75) is 20.8 Å². The third-order valence-electron chi connectivity index (χ3n) is 2.15. The van der Waals surface area contributed by atoms with Crippen LogP contribution in [-0.4, -0.2) is 23.5 Å². The van der Waals surface area contributed by atoms with Crippen LogP contribution in [-0.2, 0) is 4.79 Å². The molecule has 16 heavy (non-hydrogen) atoms. The van der Waals surface area contributed by atoms with Crippen LogP contribution in [0.3, 0.4) is 0 Å². The van der Waals surface area contributed by atoms with Gasteiger partial charge in [-0.1, -0.05) is 6.07 Å². The van der Waals surface area contributed by atoms with Crippen LogP contribution in [0.25, 0.3) is 0 Å². The lowest BCUT2D eigenvalue weighted by atomic mass is 10.0. The molecular formula is C12H14O4. The van der Waals surface area contributed by atoms with Gasteiger partial charge in [0.1, 0.15) is 5.75 Å². The molecule has 0 aliphatic carbocycles. The summed E-state index contributed by atoms with van der Waals surface area (Å²) in [5.74, 6) is -0.848. The van der Waals surface area contributed by atoms with Gasteiger partial charge in [-0.2, -0.15) is 0 Å². The second-order valence-corrected chi connectivity index (χ2v) is 3.69. The average molecular weight is 222 g/mol. The zero-order valence-corrected chi connectivity index (χ0v) is 9.53. The van der Waals surface area contributed by atoms with E-state index in [9.17, 15) is 9.59 Å². The van der Waals surface area contributed by atoms with E-state index < -0.39 is 12.6 Å². The summed E-state index contributed by atoms with van der Waals surface area (Å²) in [6.07, 6.45) is 0. The quantitative estimate of drug-likeness (QED) is 0.791. The Labute approximate surface area is 93.9 Å². The van der Waals surface area contributed by atoms with E-state index in [4.69, 9.17) is 9.84 Å². The molecule has 0 bridgehead atoms. The highest BCUT2D eigenvalue weighted by Gasteiger charge is 2.13. The van der Waals surface area contributed by atoms with Crippen LogP contribution < -0.4 is 4.74 Å². The average Bonchev–Trinajstić information content (AvgIpc) is 2.12. The molecule has 0 fully saturated rings. The van der Waals surface area contributed by atoms with Gasteiger partial charge in [0.05, 0.1) is 5.56 Å². The van der Waals surface area contributed by atoms with Gasteiger partial charge in [-0.3, -0.25) is 4.79 Å². The van der Waals surface area contributed by atoms with Crippen molar-refractivity contribution in [3.05, 3.63) is 28.8 Å². The Balaban J connectivity index is 3.13. The second-order valence-electron chi connectivity index (χ2n) is 3.69. The number of carboxylic acids is 1. The molecule has 4 nitrogen and oxygen atoms in total. The lowest BCUT2D eigenvalue weighted by Gasteiger charge is -2.11. The first kappa shape index (κ1) is 12.2. The molecule has 1 aromatic rings. The van der Waals surface area contributed by atoms with Gasteiger partial charge >= 0.3 is 5.97 Å². The van der Waals surface area contributed by atoms with E-state index in [1.165, 1.54) is 6.92 Å². The minimum atomic E-state index is -1.06. The van der Waals surface area contributed by atoms with Gasteiger partial charge < -0.3 is 9.84 Å². The standard InChI is InChI=1S/C12H14O4/c1-7-4-8(2)12(9(3)13)10(5-7)16-6-11(14)15/h4-5H,6H2,1-3H3,(H,14,15). The van der Waals surface area contributed by atoms with E-state index in [0.717, 1.165) is 11.1 Å². The number of ether oxygens (including phenoxy) is 1. The Morgan fingerprint density at radius 3 is 2.44 bits per heavy atom. The fourth-order valence-corrected chi connectivity index (χ4v) is 1.63. The van der Waals surface area contributed by atoms with Crippen LogP contribution in [0.2, 0.25) is 0 Å². The van der Waals surface area contributed by atoms with Crippen molar-refractivity contribution in [3.63, 3.8) is 0 Å². The van der Waals surface area contributed by atoms with E-state index in [1.54, 1.807) is 13.0 Å². The third kappa shape index (κ3) is 2.82. The molecule has 0 aliphatic rings. The Morgan fingerprint density at radius 1 is 1.31 bits per heavy atom. The number of Topliss-reactive ketones (excluding diaryl/α,β-unsaturated/α-hetero) is 1. The number of carboxylic acid groups (broad SMARTS) is 1. The summed E-state index contributed by atoms with van der Waals surface area (Å²) in [4.78, 5) is 21.8. The Hall–Kier alpha value is -1.84. The first-order valence-corrected chi connectivity index (χ1v) is 4.88. The van der Waals surface area contributed by atoms with Crippen molar-refractivity contribution < 1.29 is 19.4 Å². The minimum Gasteiger partial charge on any atom is -0.481 e. The number of hydrogen-bond acceptors (Lipinski definition) is 3. The summed E-state index contributed by atoms with van der Waals surface area (Å²) in [5.41, 5.74) is 2.18. The molecule has 0 aromatic heterocycles. The Morgan fingerprint density at radius 2 is 1.94 bits per heavy atom. The Kier molecular flexibility index (Phi) is 3.66. The van der Waals surface area contributed by atoms with Crippen LogP contribution >= 0.6 is 0 Å². The molecular weight excluding hydrogens is 208 g/mol. The largest absolute Gasteiger partial charge is 0.481 e. The molecule has 1 N–H and O–H groups in total. The number of rotatable bonds is 4. The van der Waals surface area contributed by atoms with Crippen LogP contribution in [0.5, 0.6) is 5.75 Å². The number of aliphatic carboxylic acids is 1. The SMILES string of the molecule is CC(=O)c1c(C)cc(C)cc1OCC(=O)O. The Bertz CT molecular complexity index is 435. The van der Waals surface area contributed by atoms with E-state index in [-0.39, 0.29) is 5.78 Å². The minimum absolute atomic E-state index is 0.127. The highest BCUT2D eigenvalue weighted by Crippen LogP contribution is 2.24. The number of benzene rings is 1. The topological polar surface area (TPSA) is 63.6 Å². The monoisotopic (exact) mass is 222 g/mol. The molecule has 0 saturated heterocycles. The van der Waals surface area contributed by atoms with Crippen molar-refractivity contribution in [1.29, 1.82) is 0 Å². The third-order valence-corrected chi connectivity index (χ3v) is 2.15. The predicted octanol–water partition coefficient (Wildman–Crippen LogP) is 1.97. The molecule has 0 atom stereocenters. The summed E-state index contributed by atoms with van der Waals surface area (Å²) >= 11 is 0. The maximum atomic E-state index is 11.4. The normalized spacial score (nSPS) is 9.94. The van der Waals surface area contributed by atoms with E-state index >= 15 is 0 Å². The molecule has 0 saturated carbocycles. The van der Waals surface area contributed by atoms with Gasteiger partial charge in [0.25, 0.3) is 0 Å². The van der Waals surface area contributed by atoms with Gasteiger partial charge in [-0.25, -0.2) is 4.79 Å². The van der Waals surface area contributed by atoms with Gasteiger partial charge in [-0.15, -0.1) is 0 Å². The van der Waals surface area contributed by atoms with Gasteiger partial charge in [-0.05, 0) is 38.0 Å². The zero-order valence-electron chi connectivity index (χ0n) is 9.53. The molecule has 1 aromatic carbocycles. The fraction of sp³-hybridized carbons (Fsp3) is 0.333. The highest BCUT2D eigenvalue weighted by atomic mass is 16.5. The number of carbonyl (C=O) groups is 2. The van der Waals surface area contributed by atoms with E-state index in [1.807, 2.05) is 13.0 Å². The first-order valence-electron chi connectivity index (χ1n) is 4.88. The number of hydrogen-bond donors (Lipinski definition) is 1. The molecule has 0 aliphatic heterocycles. The second kappa shape index (κ2) is 4.79. The van der Waals surface area contributed by atoms with Crippen LogP contribution in [0, 0.1) is 13.8 Å². The van der Waals surface area contributed by atoms with Gasteiger partial charge in [0, 0.05) is 0 Å². The van der Waals surface area contributed by atoms with E-state index in [0.29, 0.717) is 11.3 Å². The van der Waals surface area contributed by atoms with E-state index in [2.05, 4.69) is 0 Å². The molecule has 0 radical (unpaired) electrons. The number of ketones is 1. The summed E-state index contributed by atoms with van der Waals surface area (Å²) < 4.78 is 5.10. The number of aryl methyl sites for hydroxylation is 2. The highest BCUT2D eigenvalue weighted by molar-refractivity contribution is 5.98. The smallest absolute Gasteiger partial charge is 0.341 e. The predicted molar refractivity (Wildman–Crippen MR) is 59.1 cm³/mol. The van der Waals surface area contributed by atoms with Crippen LogP contribution in [0.15, 0.2) is 12.1 Å². The summed E-state index contributed by atoms with van der Waals surface area (Å²) in [6, 6.07) is 3.54. The molecule has 1 rings (SSSR count). The van der Waals surface area contributed by atoms with Crippen LogP contribution in [0.1, 0.15) is 28.4 Å². The first-order chi connectivity index (χ1) is 7.41. The summed E-state index contributed by atoms with van der Waals surface area (Å²) in [5, 5.41) is 8.53. The fourth-order valence-electron chi connectivity index (χ4n) is 1.63. The zero-order chi connectivity index (χ0) is 12.3. The lowest BCUT2D eigenvalue weighted by Crippen LogP contribution is -2.12. The van der Waals surface area contributed by atoms with Crippen molar-refractivity contribution in [1.82, 2.24) is 0 Å². The molecule has 0 spiro atoms. The molecule has 0 heterocycles. The van der Waals surface area contributed by atoms with Crippen molar-refractivity contribution in [2.24, 2.45) is 0 Å². The van der Waals surface area contributed by atoms with Crippen LogP contribution in [0.4, 0.5) is 0 Å². The summed E-state index contributed by atoms with van der Waals surface area (Å²) in [7, 11) is 0. The van der Waals surface area contributed by atoms with Crippen molar-refractivity contribution in [3.8, 4) is 5.75 Å².